The summed E-state index contributed by atoms with van der Waals surface area (Å²) in [7, 11) is 0. The molecule has 0 N–H and O–H groups in total. The number of rotatable bonds is 5. The number of aldehydes is 1. The molecule has 0 saturated heterocycles. The van der Waals surface area contributed by atoms with E-state index in [-0.39, 0.29) is 0 Å². The lowest BCUT2D eigenvalue weighted by Gasteiger charge is -1.78. The Hall–Kier alpha value is -1.11. The number of hydrogen-bond donors (Lipinski definition) is 0. The summed E-state index contributed by atoms with van der Waals surface area (Å²) in [6.45, 7) is 2.10. The van der Waals surface area contributed by atoms with Crippen LogP contribution in [0.5, 0.6) is 0 Å². The number of hydrogen-bond acceptors (Lipinski definition) is 1. The molecule has 0 aliphatic carbocycles. The molecule has 0 unspecified atom stereocenters. The molecular formula is C10H14O. The van der Waals surface area contributed by atoms with Gasteiger partial charge >= 0.3 is 0 Å². The Balaban J connectivity index is 3.36. The summed E-state index contributed by atoms with van der Waals surface area (Å²) in [5, 5.41) is 0. The van der Waals surface area contributed by atoms with E-state index < -0.39 is 0 Å². The van der Waals surface area contributed by atoms with Crippen LogP contribution in [0.1, 0.15) is 19.8 Å². The molecule has 1 nitrogen and oxygen atoms in total. The van der Waals surface area contributed by atoms with Gasteiger partial charge in [-0.15, -0.1) is 0 Å². The normalized spacial score (nSPS) is 12.1. The van der Waals surface area contributed by atoms with Crippen molar-refractivity contribution in [2.75, 3.05) is 0 Å². The Morgan fingerprint density at radius 3 is 2.45 bits per heavy atom. The van der Waals surface area contributed by atoms with Crippen molar-refractivity contribution in [3.05, 3.63) is 36.5 Å². The van der Waals surface area contributed by atoms with E-state index in [9.17, 15) is 4.79 Å². The summed E-state index contributed by atoms with van der Waals surface area (Å²) >= 11 is 0. The summed E-state index contributed by atoms with van der Waals surface area (Å²) in [4.78, 5) is 9.81. The van der Waals surface area contributed by atoms with Crippen molar-refractivity contribution in [3.8, 4) is 0 Å². The van der Waals surface area contributed by atoms with Crippen molar-refractivity contribution >= 4 is 6.29 Å². The summed E-state index contributed by atoms with van der Waals surface area (Å²) in [5.41, 5.74) is 0. The Kier molecular flexibility index (Phi) is 7.99. The molecular weight excluding hydrogens is 136 g/mol. The van der Waals surface area contributed by atoms with E-state index in [0.29, 0.717) is 0 Å². The fourth-order valence-electron chi connectivity index (χ4n) is 0.608. The topological polar surface area (TPSA) is 17.1 Å². The Morgan fingerprint density at radius 2 is 1.82 bits per heavy atom. The van der Waals surface area contributed by atoms with Gasteiger partial charge in [0.1, 0.15) is 6.29 Å². The first-order valence-electron chi connectivity index (χ1n) is 3.83. The maximum absolute atomic E-state index is 9.81. The maximum atomic E-state index is 9.81. The molecule has 0 atom stereocenters. The molecule has 0 aromatic heterocycles. The predicted molar refractivity (Wildman–Crippen MR) is 48.4 cm³/mol. The van der Waals surface area contributed by atoms with E-state index in [1.54, 1.807) is 6.08 Å². The number of carbonyl (C=O) groups excluding carboxylic acids is 1. The average molecular weight is 150 g/mol. The first kappa shape index (κ1) is 9.89. The third kappa shape index (κ3) is 8.89. The standard InChI is InChI=1S/C10H14O/c1-2-3-4-5-6-7-8-9-10-11/h3-4,6-10H,2,5H2,1H3/b4-3?,7-6-,9-8+. The Morgan fingerprint density at radius 1 is 1.00 bits per heavy atom. The van der Waals surface area contributed by atoms with Gasteiger partial charge < -0.3 is 0 Å². The molecule has 0 fully saturated rings. The van der Waals surface area contributed by atoms with E-state index in [4.69, 9.17) is 0 Å². The number of carbonyl (C=O) groups is 1. The Bertz CT molecular complexity index is 164. The summed E-state index contributed by atoms with van der Waals surface area (Å²) in [6.07, 6.45) is 14.1. The zero-order valence-electron chi connectivity index (χ0n) is 6.86. The van der Waals surface area contributed by atoms with Gasteiger partial charge in [0.25, 0.3) is 0 Å². The van der Waals surface area contributed by atoms with Crippen LogP contribution in [0.4, 0.5) is 0 Å². The zero-order valence-corrected chi connectivity index (χ0v) is 6.86. The van der Waals surface area contributed by atoms with E-state index in [1.165, 1.54) is 6.08 Å². The van der Waals surface area contributed by atoms with Crippen LogP contribution >= 0.6 is 0 Å². The van der Waals surface area contributed by atoms with E-state index in [1.807, 2.05) is 12.2 Å². The molecule has 0 bridgehead atoms. The third-order valence-electron chi connectivity index (χ3n) is 1.11. The molecule has 0 heterocycles. The average Bonchev–Trinajstić information content (AvgIpc) is 2.03. The van der Waals surface area contributed by atoms with Crippen LogP contribution in [0.15, 0.2) is 36.5 Å². The second-order valence-corrected chi connectivity index (χ2v) is 2.06. The maximum Gasteiger partial charge on any atom is 0.142 e. The molecule has 0 aliphatic heterocycles. The lowest BCUT2D eigenvalue weighted by atomic mass is 10.3. The molecule has 11 heavy (non-hydrogen) atoms. The molecule has 0 aromatic carbocycles. The van der Waals surface area contributed by atoms with Gasteiger partial charge in [0.2, 0.25) is 0 Å². The van der Waals surface area contributed by atoms with Crippen molar-refractivity contribution in [3.63, 3.8) is 0 Å². The van der Waals surface area contributed by atoms with Gasteiger partial charge in [0, 0.05) is 0 Å². The van der Waals surface area contributed by atoms with Crippen LogP contribution < -0.4 is 0 Å². The van der Waals surface area contributed by atoms with E-state index >= 15 is 0 Å². The smallest absolute Gasteiger partial charge is 0.142 e. The Labute approximate surface area is 68.1 Å². The fraction of sp³-hybridized carbons (Fsp3) is 0.300. The molecule has 0 spiro atoms. The fourth-order valence-corrected chi connectivity index (χ4v) is 0.608. The van der Waals surface area contributed by atoms with E-state index in [0.717, 1.165) is 19.1 Å². The molecule has 0 saturated carbocycles. The minimum Gasteiger partial charge on any atom is -0.299 e. The highest BCUT2D eigenvalue weighted by molar-refractivity contribution is 5.65. The lowest BCUT2D eigenvalue weighted by molar-refractivity contribution is -0.104. The zero-order chi connectivity index (χ0) is 8.36. The van der Waals surface area contributed by atoms with Gasteiger partial charge in [-0.3, -0.25) is 4.79 Å². The molecule has 60 valence electrons. The van der Waals surface area contributed by atoms with Crippen molar-refractivity contribution in [1.82, 2.24) is 0 Å². The van der Waals surface area contributed by atoms with Crippen LogP contribution in [0, 0.1) is 0 Å². The van der Waals surface area contributed by atoms with Crippen molar-refractivity contribution < 1.29 is 4.79 Å². The molecule has 0 rings (SSSR count). The monoisotopic (exact) mass is 150 g/mol. The lowest BCUT2D eigenvalue weighted by Crippen LogP contribution is -1.59. The first-order valence-corrected chi connectivity index (χ1v) is 3.83. The molecule has 1 heteroatoms. The summed E-state index contributed by atoms with van der Waals surface area (Å²) in [6, 6.07) is 0. The molecule has 0 aliphatic rings. The summed E-state index contributed by atoms with van der Waals surface area (Å²) in [5.74, 6) is 0. The van der Waals surface area contributed by atoms with Crippen molar-refractivity contribution in [1.29, 1.82) is 0 Å². The quantitative estimate of drug-likeness (QED) is 0.255. The van der Waals surface area contributed by atoms with Crippen molar-refractivity contribution in [2.45, 2.75) is 19.8 Å². The molecule has 0 aromatic rings. The highest BCUT2D eigenvalue weighted by Gasteiger charge is 1.68. The van der Waals surface area contributed by atoms with Gasteiger partial charge in [0.05, 0.1) is 0 Å². The van der Waals surface area contributed by atoms with Crippen LogP contribution in [0.2, 0.25) is 0 Å². The van der Waals surface area contributed by atoms with Crippen LogP contribution in [0.3, 0.4) is 0 Å². The van der Waals surface area contributed by atoms with E-state index in [2.05, 4.69) is 19.1 Å². The van der Waals surface area contributed by atoms with Gasteiger partial charge in [-0.05, 0) is 18.9 Å². The molecule has 0 amide bonds. The summed E-state index contributed by atoms with van der Waals surface area (Å²) < 4.78 is 0. The second kappa shape index (κ2) is 8.89. The third-order valence-corrected chi connectivity index (χ3v) is 1.11. The minimum atomic E-state index is 0.770. The second-order valence-electron chi connectivity index (χ2n) is 2.06. The van der Waals surface area contributed by atoms with Crippen molar-refractivity contribution in [2.24, 2.45) is 0 Å². The first-order chi connectivity index (χ1) is 5.41. The highest BCUT2D eigenvalue weighted by Crippen LogP contribution is 1.88. The van der Waals surface area contributed by atoms with Gasteiger partial charge in [-0.25, -0.2) is 0 Å². The van der Waals surface area contributed by atoms with Gasteiger partial charge in [-0.1, -0.05) is 37.3 Å². The SMILES string of the molecule is CCC=CC/C=C\C=C\C=O. The van der Waals surface area contributed by atoms with Crippen LogP contribution in [-0.2, 0) is 4.79 Å². The van der Waals surface area contributed by atoms with Gasteiger partial charge in [-0.2, -0.15) is 0 Å². The largest absolute Gasteiger partial charge is 0.299 e. The van der Waals surface area contributed by atoms with Crippen LogP contribution in [0.25, 0.3) is 0 Å². The minimum absolute atomic E-state index is 0.770. The highest BCUT2D eigenvalue weighted by atomic mass is 16.1. The number of allylic oxidation sites excluding steroid dienone is 6. The molecule has 0 radical (unpaired) electrons. The predicted octanol–water partition coefficient (Wildman–Crippen LogP) is 2.65. The van der Waals surface area contributed by atoms with Crippen LogP contribution in [-0.4, -0.2) is 6.29 Å². The van der Waals surface area contributed by atoms with Gasteiger partial charge in [0.15, 0.2) is 0 Å².